The fourth-order valence-electron chi connectivity index (χ4n) is 5.32. The van der Waals surface area contributed by atoms with Crippen molar-refractivity contribution in [2.75, 3.05) is 26.7 Å². The van der Waals surface area contributed by atoms with Gasteiger partial charge < -0.3 is 10.0 Å². The van der Waals surface area contributed by atoms with Gasteiger partial charge in [0, 0.05) is 51.2 Å². The standard InChI is InChI=1S/C27H29N3O2/c1-29(17-23-24-18-30(19-25(23)24)16-20-9-4-2-5-10-20)26(31)27(32,21-11-6-3-7-12-21)22-13-8-14-28-15-22/h2-15,23-25,32H,16-19H2,1H3. The summed E-state index contributed by atoms with van der Waals surface area (Å²) in [5, 5.41) is 11.7. The Morgan fingerprint density at radius 1 is 1.00 bits per heavy atom. The SMILES string of the molecule is CN(CC1C2CN(Cc3ccccc3)CC21)C(=O)C(O)(c1ccccc1)c1cccnc1. The number of likely N-dealkylation sites (tertiary alicyclic amines) is 1. The van der Waals surface area contributed by atoms with Gasteiger partial charge in [0.2, 0.25) is 0 Å². The molecule has 5 heteroatoms. The van der Waals surface area contributed by atoms with Gasteiger partial charge in [0.15, 0.2) is 5.60 Å². The highest BCUT2D eigenvalue weighted by atomic mass is 16.3. The van der Waals surface area contributed by atoms with E-state index in [2.05, 4.69) is 40.2 Å². The van der Waals surface area contributed by atoms with Crippen LogP contribution in [0.5, 0.6) is 0 Å². The molecule has 1 saturated heterocycles. The van der Waals surface area contributed by atoms with Gasteiger partial charge in [-0.15, -0.1) is 0 Å². The Balaban J connectivity index is 1.26. The molecule has 2 heterocycles. The molecule has 3 unspecified atom stereocenters. The molecule has 2 aromatic carbocycles. The van der Waals surface area contributed by atoms with Crippen LogP contribution in [0, 0.1) is 17.8 Å². The van der Waals surface area contributed by atoms with Crippen LogP contribution in [-0.4, -0.2) is 52.5 Å². The molecule has 0 bridgehead atoms. The molecule has 1 aromatic heterocycles. The summed E-state index contributed by atoms with van der Waals surface area (Å²) in [5.41, 5.74) is 0.665. The average Bonchev–Trinajstić information content (AvgIpc) is 3.28. The Morgan fingerprint density at radius 2 is 1.62 bits per heavy atom. The van der Waals surface area contributed by atoms with Crippen LogP contribution in [0.3, 0.4) is 0 Å². The molecule has 3 atom stereocenters. The number of benzene rings is 2. The topological polar surface area (TPSA) is 56.7 Å². The van der Waals surface area contributed by atoms with Crippen LogP contribution in [0.4, 0.5) is 0 Å². The quantitative estimate of drug-likeness (QED) is 0.629. The number of carbonyl (C=O) groups excluding carboxylic acids is 1. The lowest BCUT2D eigenvalue weighted by Gasteiger charge is -2.32. The second-order valence-corrected chi connectivity index (χ2v) is 9.18. The van der Waals surface area contributed by atoms with Crippen LogP contribution in [0.1, 0.15) is 16.7 Å². The van der Waals surface area contributed by atoms with Crippen molar-refractivity contribution >= 4 is 5.91 Å². The normalized spacial score (nSPS) is 23.9. The highest BCUT2D eigenvalue weighted by molar-refractivity contribution is 5.89. The minimum atomic E-state index is -1.74. The van der Waals surface area contributed by atoms with Gasteiger partial charge in [-0.3, -0.25) is 14.7 Å². The molecule has 1 amide bonds. The predicted molar refractivity (Wildman–Crippen MR) is 124 cm³/mol. The van der Waals surface area contributed by atoms with Crippen LogP contribution in [-0.2, 0) is 16.9 Å². The number of hydrogen-bond donors (Lipinski definition) is 1. The van der Waals surface area contributed by atoms with E-state index >= 15 is 0 Å². The molecule has 164 valence electrons. The van der Waals surface area contributed by atoms with Crippen LogP contribution >= 0.6 is 0 Å². The molecule has 1 saturated carbocycles. The van der Waals surface area contributed by atoms with E-state index in [9.17, 15) is 9.90 Å². The van der Waals surface area contributed by atoms with Crippen molar-refractivity contribution in [3.8, 4) is 0 Å². The third kappa shape index (κ3) is 3.83. The molecule has 5 nitrogen and oxygen atoms in total. The highest BCUT2D eigenvalue weighted by Gasteiger charge is 2.56. The van der Waals surface area contributed by atoms with Crippen LogP contribution < -0.4 is 0 Å². The first-order valence-electron chi connectivity index (χ1n) is 11.3. The Morgan fingerprint density at radius 3 is 2.25 bits per heavy atom. The number of fused-ring (bicyclic) bond motifs is 1. The van der Waals surface area contributed by atoms with Gasteiger partial charge in [-0.25, -0.2) is 0 Å². The number of aliphatic hydroxyl groups is 1. The maximum absolute atomic E-state index is 13.6. The summed E-state index contributed by atoms with van der Waals surface area (Å²) < 4.78 is 0. The van der Waals surface area contributed by atoms with E-state index in [4.69, 9.17) is 0 Å². The van der Waals surface area contributed by atoms with Crippen LogP contribution in [0.2, 0.25) is 0 Å². The van der Waals surface area contributed by atoms with Gasteiger partial charge in [-0.05, 0) is 34.9 Å². The van der Waals surface area contributed by atoms with Gasteiger partial charge in [0.05, 0.1) is 0 Å². The number of pyridine rings is 1. The number of likely N-dealkylation sites (N-methyl/N-ethyl adjacent to an activating group) is 1. The van der Waals surface area contributed by atoms with Gasteiger partial charge in [0.1, 0.15) is 0 Å². The van der Waals surface area contributed by atoms with Gasteiger partial charge in [-0.1, -0.05) is 66.7 Å². The van der Waals surface area contributed by atoms with Gasteiger partial charge in [0.25, 0.3) is 5.91 Å². The third-order valence-electron chi connectivity index (χ3n) is 7.11. The Bertz CT molecular complexity index is 1010. The molecular formula is C27H29N3O2. The van der Waals surface area contributed by atoms with Crippen molar-refractivity contribution < 1.29 is 9.90 Å². The average molecular weight is 428 g/mol. The van der Waals surface area contributed by atoms with E-state index in [0.717, 1.165) is 19.6 Å². The first-order chi connectivity index (χ1) is 15.6. The fraction of sp³-hybridized carbons (Fsp3) is 0.333. The van der Waals surface area contributed by atoms with E-state index in [-0.39, 0.29) is 5.91 Å². The van der Waals surface area contributed by atoms with E-state index < -0.39 is 5.60 Å². The summed E-state index contributed by atoms with van der Waals surface area (Å²) in [5.74, 6) is 1.47. The van der Waals surface area contributed by atoms with Gasteiger partial charge in [-0.2, -0.15) is 0 Å². The summed E-state index contributed by atoms with van der Waals surface area (Å²) in [6.07, 6.45) is 3.22. The minimum absolute atomic E-state index is 0.303. The van der Waals surface area contributed by atoms with Crippen molar-refractivity contribution in [1.29, 1.82) is 0 Å². The van der Waals surface area contributed by atoms with E-state index in [1.54, 1.807) is 41.6 Å². The lowest BCUT2D eigenvalue weighted by Crippen LogP contribution is -2.47. The maximum atomic E-state index is 13.6. The zero-order valence-electron chi connectivity index (χ0n) is 18.3. The number of carbonyl (C=O) groups is 1. The Hall–Kier alpha value is -3.02. The smallest absolute Gasteiger partial charge is 0.263 e. The zero-order valence-corrected chi connectivity index (χ0v) is 18.3. The summed E-state index contributed by atoms with van der Waals surface area (Å²) in [6.45, 7) is 3.82. The van der Waals surface area contributed by atoms with Crippen molar-refractivity contribution in [2.45, 2.75) is 12.1 Å². The summed E-state index contributed by atoms with van der Waals surface area (Å²) in [4.78, 5) is 22.0. The number of nitrogens with zero attached hydrogens (tertiary/aromatic N) is 3. The first kappa shape index (κ1) is 20.9. The van der Waals surface area contributed by atoms with Crippen LogP contribution in [0.25, 0.3) is 0 Å². The molecule has 32 heavy (non-hydrogen) atoms. The lowest BCUT2D eigenvalue weighted by atomic mass is 9.86. The molecular weight excluding hydrogens is 398 g/mol. The fourth-order valence-corrected chi connectivity index (χ4v) is 5.32. The number of aromatic nitrogens is 1. The van der Waals surface area contributed by atoms with Crippen molar-refractivity contribution in [2.24, 2.45) is 17.8 Å². The summed E-state index contributed by atoms with van der Waals surface area (Å²) in [7, 11) is 1.81. The lowest BCUT2D eigenvalue weighted by molar-refractivity contribution is -0.147. The van der Waals surface area contributed by atoms with Crippen molar-refractivity contribution in [3.63, 3.8) is 0 Å². The molecule has 0 spiro atoms. The number of hydrogen-bond acceptors (Lipinski definition) is 4. The van der Waals surface area contributed by atoms with Gasteiger partial charge >= 0.3 is 0 Å². The first-order valence-corrected chi connectivity index (χ1v) is 11.3. The molecule has 0 radical (unpaired) electrons. The second-order valence-electron chi connectivity index (χ2n) is 9.18. The van der Waals surface area contributed by atoms with E-state index in [1.807, 2.05) is 25.2 Å². The molecule has 1 N–H and O–H groups in total. The minimum Gasteiger partial charge on any atom is -0.372 e. The monoisotopic (exact) mass is 427 g/mol. The molecule has 1 aliphatic carbocycles. The summed E-state index contributed by atoms with van der Waals surface area (Å²) >= 11 is 0. The number of rotatable bonds is 7. The Kier molecular flexibility index (Phi) is 5.53. The second kappa shape index (κ2) is 8.49. The summed E-state index contributed by atoms with van der Waals surface area (Å²) in [6, 6.07) is 23.3. The maximum Gasteiger partial charge on any atom is 0.263 e. The third-order valence-corrected chi connectivity index (χ3v) is 7.11. The predicted octanol–water partition coefficient (Wildman–Crippen LogP) is 3.15. The number of amides is 1. The molecule has 5 rings (SSSR count). The largest absolute Gasteiger partial charge is 0.372 e. The number of piperidine rings is 1. The Labute approximate surface area is 189 Å². The molecule has 1 aliphatic heterocycles. The zero-order chi connectivity index (χ0) is 22.1. The van der Waals surface area contributed by atoms with Crippen LogP contribution in [0.15, 0.2) is 85.2 Å². The van der Waals surface area contributed by atoms with E-state index in [1.165, 1.54) is 5.56 Å². The highest BCUT2D eigenvalue weighted by Crippen LogP contribution is 2.52. The molecule has 2 fully saturated rings. The molecule has 2 aliphatic rings. The van der Waals surface area contributed by atoms with Crippen molar-refractivity contribution in [1.82, 2.24) is 14.8 Å². The van der Waals surface area contributed by atoms with Crippen molar-refractivity contribution in [3.05, 3.63) is 102 Å². The van der Waals surface area contributed by atoms with E-state index in [0.29, 0.717) is 35.4 Å². The molecule has 3 aromatic rings.